The molecular formula is C14H17NO5. The lowest BCUT2D eigenvalue weighted by Crippen LogP contribution is -2.37. The van der Waals surface area contributed by atoms with E-state index in [-0.39, 0.29) is 0 Å². The lowest BCUT2D eigenvalue weighted by molar-refractivity contribution is -0.140. The van der Waals surface area contributed by atoms with Gasteiger partial charge in [0.05, 0.1) is 14.2 Å². The predicted octanol–water partition coefficient (Wildman–Crippen LogP) is 1.31. The number of hydrogen-bond donors (Lipinski definition) is 2. The number of benzene rings is 1. The monoisotopic (exact) mass is 279 g/mol. The molecule has 0 spiro atoms. The molecule has 6 nitrogen and oxygen atoms in total. The van der Waals surface area contributed by atoms with Crippen LogP contribution in [0.15, 0.2) is 24.3 Å². The smallest absolute Gasteiger partial charge is 0.325 e. The number of carbonyl (C=O) groups is 2. The molecule has 1 aromatic carbocycles. The number of rotatable bonds is 6. The second kappa shape index (κ2) is 7.18. The Morgan fingerprint density at radius 3 is 2.55 bits per heavy atom. The van der Waals surface area contributed by atoms with E-state index in [2.05, 4.69) is 5.32 Å². The molecule has 0 fully saturated rings. The first kappa shape index (κ1) is 15.6. The summed E-state index contributed by atoms with van der Waals surface area (Å²) in [5.41, 5.74) is 0.687. The highest BCUT2D eigenvalue weighted by molar-refractivity contribution is 5.94. The van der Waals surface area contributed by atoms with Crippen LogP contribution in [0.2, 0.25) is 0 Å². The standard InChI is InChI=1S/C14H17NO5/c1-9(14(17)18)15-13(16)7-5-10-4-6-11(19-2)8-12(10)20-3/h4-9H,1-3H3,(H,15,16)(H,17,18)/b7-5+/t9-/m0/s1. The fraction of sp³-hybridized carbons (Fsp3) is 0.286. The molecule has 2 N–H and O–H groups in total. The number of aliphatic carboxylic acids is 1. The highest BCUT2D eigenvalue weighted by atomic mass is 16.5. The molecule has 0 saturated carbocycles. The van der Waals surface area contributed by atoms with E-state index in [0.29, 0.717) is 17.1 Å². The zero-order valence-electron chi connectivity index (χ0n) is 11.5. The van der Waals surface area contributed by atoms with Crippen molar-refractivity contribution in [3.05, 3.63) is 29.8 Å². The van der Waals surface area contributed by atoms with Gasteiger partial charge in [0.25, 0.3) is 0 Å². The molecule has 1 aromatic rings. The number of methoxy groups -OCH3 is 2. The van der Waals surface area contributed by atoms with E-state index in [1.165, 1.54) is 20.1 Å². The first-order valence-electron chi connectivity index (χ1n) is 5.91. The van der Waals surface area contributed by atoms with Gasteiger partial charge in [-0.15, -0.1) is 0 Å². The number of nitrogens with one attached hydrogen (secondary N) is 1. The minimum absolute atomic E-state index is 0.488. The Morgan fingerprint density at radius 1 is 1.30 bits per heavy atom. The first-order valence-corrected chi connectivity index (χ1v) is 5.91. The first-order chi connectivity index (χ1) is 9.47. The van der Waals surface area contributed by atoms with E-state index in [4.69, 9.17) is 14.6 Å². The van der Waals surface area contributed by atoms with Crippen molar-refractivity contribution in [1.29, 1.82) is 0 Å². The molecule has 0 aliphatic carbocycles. The third-order valence-corrected chi connectivity index (χ3v) is 2.58. The maximum atomic E-state index is 11.5. The van der Waals surface area contributed by atoms with Gasteiger partial charge in [0, 0.05) is 17.7 Å². The van der Waals surface area contributed by atoms with Crippen LogP contribution in [0.3, 0.4) is 0 Å². The van der Waals surface area contributed by atoms with Crippen molar-refractivity contribution in [3.63, 3.8) is 0 Å². The van der Waals surface area contributed by atoms with Gasteiger partial charge in [-0.2, -0.15) is 0 Å². The molecule has 20 heavy (non-hydrogen) atoms. The van der Waals surface area contributed by atoms with Crippen LogP contribution in [-0.2, 0) is 9.59 Å². The highest BCUT2D eigenvalue weighted by Gasteiger charge is 2.11. The average molecular weight is 279 g/mol. The molecule has 0 radical (unpaired) electrons. The van der Waals surface area contributed by atoms with Crippen LogP contribution in [0.25, 0.3) is 6.08 Å². The predicted molar refractivity (Wildman–Crippen MR) is 73.8 cm³/mol. The second-order valence-electron chi connectivity index (χ2n) is 4.01. The second-order valence-corrected chi connectivity index (χ2v) is 4.01. The fourth-order valence-electron chi connectivity index (χ4n) is 1.44. The van der Waals surface area contributed by atoms with E-state index in [1.807, 2.05) is 0 Å². The third-order valence-electron chi connectivity index (χ3n) is 2.58. The van der Waals surface area contributed by atoms with Crippen LogP contribution in [0.4, 0.5) is 0 Å². The summed E-state index contributed by atoms with van der Waals surface area (Å²) in [6, 6.07) is 4.23. The van der Waals surface area contributed by atoms with Crippen molar-refractivity contribution in [2.45, 2.75) is 13.0 Å². The zero-order valence-corrected chi connectivity index (χ0v) is 11.5. The van der Waals surface area contributed by atoms with Crippen LogP contribution >= 0.6 is 0 Å². The van der Waals surface area contributed by atoms with Crippen molar-refractivity contribution in [3.8, 4) is 11.5 Å². The molecule has 0 bridgehead atoms. The summed E-state index contributed by atoms with van der Waals surface area (Å²) >= 11 is 0. The Hall–Kier alpha value is -2.50. The third kappa shape index (κ3) is 4.31. The van der Waals surface area contributed by atoms with Crippen molar-refractivity contribution in [2.24, 2.45) is 0 Å². The molecular weight excluding hydrogens is 262 g/mol. The summed E-state index contributed by atoms with van der Waals surface area (Å²) in [6.07, 6.45) is 2.80. The molecule has 0 saturated heterocycles. The topological polar surface area (TPSA) is 84.9 Å². The molecule has 1 rings (SSSR count). The summed E-state index contributed by atoms with van der Waals surface area (Å²) in [6.45, 7) is 1.39. The maximum Gasteiger partial charge on any atom is 0.325 e. The highest BCUT2D eigenvalue weighted by Crippen LogP contribution is 2.25. The van der Waals surface area contributed by atoms with Gasteiger partial charge in [-0.1, -0.05) is 0 Å². The molecule has 1 atom stereocenters. The van der Waals surface area contributed by atoms with E-state index in [1.54, 1.807) is 31.4 Å². The molecule has 0 unspecified atom stereocenters. The number of hydrogen-bond acceptors (Lipinski definition) is 4. The van der Waals surface area contributed by atoms with Gasteiger partial charge in [-0.25, -0.2) is 0 Å². The van der Waals surface area contributed by atoms with Crippen LogP contribution < -0.4 is 14.8 Å². The molecule has 0 aliphatic heterocycles. The van der Waals surface area contributed by atoms with Crippen molar-refractivity contribution >= 4 is 18.0 Å². The number of ether oxygens (including phenoxy) is 2. The summed E-state index contributed by atoms with van der Waals surface area (Å²) in [5, 5.41) is 11.0. The van der Waals surface area contributed by atoms with E-state index >= 15 is 0 Å². The lowest BCUT2D eigenvalue weighted by atomic mass is 10.1. The van der Waals surface area contributed by atoms with Crippen molar-refractivity contribution in [1.82, 2.24) is 5.32 Å². The van der Waals surface area contributed by atoms with Crippen LogP contribution in [0.1, 0.15) is 12.5 Å². The maximum absolute atomic E-state index is 11.5. The van der Waals surface area contributed by atoms with Gasteiger partial charge in [-0.05, 0) is 25.1 Å². The molecule has 6 heteroatoms. The number of carboxylic acid groups (broad SMARTS) is 1. The SMILES string of the molecule is COc1ccc(/C=C/C(=O)N[C@@H](C)C(=O)O)c(OC)c1. The Labute approximate surface area is 117 Å². The minimum Gasteiger partial charge on any atom is -0.497 e. The summed E-state index contributed by atoms with van der Waals surface area (Å²) in [4.78, 5) is 22.1. The Bertz CT molecular complexity index is 524. The molecule has 0 aliphatic rings. The Balaban J connectivity index is 2.79. The van der Waals surface area contributed by atoms with Gasteiger partial charge in [-0.3, -0.25) is 9.59 Å². The number of carboxylic acids is 1. The quantitative estimate of drug-likeness (QED) is 0.767. The molecule has 0 heterocycles. The van der Waals surface area contributed by atoms with Gasteiger partial charge >= 0.3 is 5.97 Å². The van der Waals surface area contributed by atoms with Crippen LogP contribution in [0.5, 0.6) is 11.5 Å². The average Bonchev–Trinajstić information content (AvgIpc) is 2.44. The van der Waals surface area contributed by atoms with Gasteiger partial charge in [0.1, 0.15) is 17.5 Å². The Morgan fingerprint density at radius 2 is 2.00 bits per heavy atom. The van der Waals surface area contributed by atoms with Crippen molar-refractivity contribution in [2.75, 3.05) is 14.2 Å². The molecule has 108 valence electrons. The fourth-order valence-corrected chi connectivity index (χ4v) is 1.44. The van der Waals surface area contributed by atoms with Gasteiger partial charge in [0.2, 0.25) is 5.91 Å². The van der Waals surface area contributed by atoms with Crippen molar-refractivity contribution < 1.29 is 24.2 Å². The van der Waals surface area contributed by atoms with Crippen LogP contribution in [-0.4, -0.2) is 37.2 Å². The van der Waals surface area contributed by atoms with E-state index in [0.717, 1.165) is 0 Å². The zero-order chi connectivity index (χ0) is 15.1. The van der Waals surface area contributed by atoms with Gasteiger partial charge < -0.3 is 19.9 Å². The van der Waals surface area contributed by atoms with Gasteiger partial charge in [0.15, 0.2) is 0 Å². The summed E-state index contributed by atoms with van der Waals surface area (Å²) in [5.74, 6) is -0.380. The van der Waals surface area contributed by atoms with E-state index in [9.17, 15) is 9.59 Å². The summed E-state index contributed by atoms with van der Waals surface area (Å²) in [7, 11) is 3.06. The number of amides is 1. The van der Waals surface area contributed by atoms with E-state index < -0.39 is 17.9 Å². The normalized spacial score (nSPS) is 11.9. The largest absolute Gasteiger partial charge is 0.497 e. The molecule has 1 amide bonds. The lowest BCUT2D eigenvalue weighted by Gasteiger charge is -2.08. The molecule has 0 aromatic heterocycles. The minimum atomic E-state index is -1.09. The Kier molecular flexibility index (Phi) is 5.58. The van der Waals surface area contributed by atoms with Crippen LogP contribution in [0, 0.1) is 0 Å². The summed E-state index contributed by atoms with van der Waals surface area (Å²) < 4.78 is 10.2. The number of carbonyl (C=O) groups excluding carboxylic acids is 1.